The molecule has 94 valence electrons. The number of carbonyl (C=O) groups excluding carboxylic acids is 1. The van der Waals surface area contributed by atoms with Crippen molar-refractivity contribution in [1.29, 1.82) is 0 Å². The van der Waals surface area contributed by atoms with Gasteiger partial charge in [0.15, 0.2) is 0 Å². The molecule has 0 spiro atoms. The summed E-state index contributed by atoms with van der Waals surface area (Å²) >= 11 is 1.84. The van der Waals surface area contributed by atoms with Crippen molar-refractivity contribution in [3.05, 3.63) is 24.2 Å². The van der Waals surface area contributed by atoms with Crippen LogP contribution in [0.2, 0.25) is 0 Å². The minimum Gasteiger partial charge on any atom is -0.468 e. The molecule has 1 aliphatic heterocycles. The van der Waals surface area contributed by atoms with Crippen LogP contribution >= 0.6 is 11.8 Å². The average Bonchev–Trinajstić information content (AvgIpc) is 2.74. The maximum atomic E-state index is 11.6. The first-order valence-electron chi connectivity index (χ1n) is 5.88. The predicted octanol–water partition coefficient (Wildman–Crippen LogP) is 2.92. The van der Waals surface area contributed by atoms with Gasteiger partial charge in [0.2, 0.25) is 0 Å². The first kappa shape index (κ1) is 12.4. The number of nitrogens with zero attached hydrogens (tertiary/aromatic N) is 1. The Balaban J connectivity index is 1.91. The maximum Gasteiger partial charge on any atom is 0.409 e. The maximum absolute atomic E-state index is 11.6. The Hall–Kier alpha value is -1.10. The normalized spacial score (nSPS) is 21.0. The highest BCUT2D eigenvalue weighted by Gasteiger charge is 2.23. The number of hydrogen-bond donors (Lipinski definition) is 0. The first-order chi connectivity index (χ1) is 8.31. The molecular formula is C12H17NO3S. The summed E-state index contributed by atoms with van der Waals surface area (Å²) in [4.78, 5) is 13.4. The number of rotatable bonds is 2. The zero-order valence-electron chi connectivity index (χ0n) is 9.93. The van der Waals surface area contributed by atoms with Crippen molar-refractivity contribution in [3.8, 4) is 0 Å². The van der Waals surface area contributed by atoms with Crippen LogP contribution in [-0.4, -0.2) is 36.4 Å². The van der Waals surface area contributed by atoms with Crippen molar-refractivity contribution in [2.75, 3.05) is 25.4 Å². The third kappa shape index (κ3) is 3.19. The highest BCUT2D eigenvalue weighted by atomic mass is 32.2. The monoisotopic (exact) mass is 255 g/mol. The van der Waals surface area contributed by atoms with Gasteiger partial charge in [0.25, 0.3) is 0 Å². The average molecular weight is 255 g/mol. The number of hydrogen-bond acceptors (Lipinski definition) is 4. The van der Waals surface area contributed by atoms with Crippen LogP contribution in [0.5, 0.6) is 0 Å². The molecule has 2 rings (SSSR count). The lowest BCUT2D eigenvalue weighted by atomic mass is 10.2. The fourth-order valence-electron chi connectivity index (χ4n) is 1.87. The highest BCUT2D eigenvalue weighted by Crippen LogP contribution is 2.34. The number of carbonyl (C=O) groups is 1. The second-order valence-electron chi connectivity index (χ2n) is 3.85. The lowest BCUT2D eigenvalue weighted by Crippen LogP contribution is -2.33. The molecule has 0 aliphatic carbocycles. The van der Waals surface area contributed by atoms with Gasteiger partial charge in [-0.3, -0.25) is 0 Å². The molecule has 17 heavy (non-hydrogen) atoms. The quantitative estimate of drug-likeness (QED) is 0.815. The Bertz CT molecular complexity index is 353. The molecule has 0 radical (unpaired) electrons. The van der Waals surface area contributed by atoms with E-state index < -0.39 is 0 Å². The molecule has 1 aromatic rings. The van der Waals surface area contributed by atoms with Crippen molar-refractivity contribution < 1.29 is 13.9 Å². The molecule has 0 aromatic carbocycles. The highest BCUT2D eigenvalue weighted by molar-refractivity contribution is 7.99. The van der Waals surface area contributed by atoms with Gasteiger partial charge in [-0.15, -0.1) is 11.8 Å². The van der Waals surface area contributed by atoms with Crippen LogP contribution in [0.1, 0.15) is 24.4 Å². The standard InChI is InChI=1S/C12H17NO3S/c1-2-15-12(14)13-6-5-11(17-9-7-13)10-4-3-8-16-10/h3-4,8,11H,2,5-7,9H2,1H3. The molecule has 4 nitrogen and oxygen atoms in total. The van der Waals surface area contributed by atoms with Crippen LogP contribution in [0, 0.1) is 0 Å². The lowest BCUT2D eigenvalue weighted by Gasteiger charge is -2.18. The fourth-order valence-corrected chi connectivity index (χ4v) is 3.05. The van der Waals surface area contributed by atoms with E-state index in [0.29, 0.717) is 11.9 Å². The van der Waals surface area contributed by atoms with Gasteiger partial charge < -0.3 is 14.1 Å². The van der Waals surface area contributed by atoms with E-state index in [-0.39, 0.29) is 6.09 Å². The van der Waals surface area contributed by atoms with Gasteiger partial charge in [-0.1, -0.05) is 0 Å². The van der Waals surface area contributed by atoms with E-state index in [9.17, 15) is 4.79 Å². The van der Waals surface area contributed by atoms with Crippen molar-refractivity contribution in [2.45, 2.75) is 18.6 Å². The Morgan fingerprint density at radius 1 is 1.65 bits per heavy atom. The first-order valence-corrected chi connectivity index (χ1v) is 6.93. The van der Waals surface area contributed by atoms with Crippen molar-refractivity contribution in [1.82, 2.24) is 4.90 Å². The largest absolute Gasteiger partial charge is 0.468 e. The van der Waals surface area contributed by atoms with Gasteiger partial charge in [0.05, 0.1) is 18.1 Å². The van der Waals surface area contributed by atoms with Gasteiger partial charge in [-0.25, -0.2) is 4.79 Å². The molecule has 0 bridgehead atoms. The summed E-state index contributed by atoms with van der Waals surface area (Å²) in [6.07, 6.45) is 2.41. The molecule has 0 saturated carbocycles. The summed E-state index contributed by atoms with van der Waals surface area (Å²) in [6.45, 7) is 3.75. The third-order valence-electron chi connectivity index (χ3n) is 2.73. The van der Waals surface area contributed by atoms with E-state index in [1.807, 2.05) is 30.8 Å². The van der Waals surface area contributed by atoms with Crippen LogP contribution in [-0.2, 0) is 4.74 Å². The minimum atomic E-state index is -0.201. The van der Waals surface area contributed by atoms with Crippen LogP contribution in [0.15, 0.2) is 22.8 Å². The van der Waals surface area contributed by atoms with E-state index >= 15 is 0 Å². The number of amides is 1. The van der Waals surface area contributed by atoms with Gasteiger partial charge >= 0.3 is 6.09 Å². The molecule has 1 unspecified atom stereocenters. The second kappa shape index (κ2) is 6.00. The molecule has 1 aliphatic rings. The summed E-state index contributed by atoms with van der Waals surface area (Å²) in [5, 5.41) is 0.351. The van der Waals surface area contributed by atoms with Gasteiger partial charge in [0.1, 0.15) is 5.76 Å². The SMILES string of the molecule is CCOC(=O)N1CCSC(c2ccco2)CC1. The third-order valence-corrected chi connectivity index (χ3v) is 4.02. The number of furan rings is 1. The van der Waals surface area contributed by atoms with E-state index in [4.69, 9.17) is 9.15 Å². The molecule has 1 amide bonds. The Morgan fingerprint density at radius 2 is 2.53 bits per heavy atom. The summed E-state index contributed by atoms with van der Waals surface area (Å²) in [6, 6.07) is 3.90. The molecule has 1 aromatic heterocycles. The molecule has 1 fully saturated rings. The van der Waals surface area contributed by atoms with Gasteiger partial charge in [0, 0.05) is 18.8 Å². The molecular weight excluding hydrogens is 238 g/mol. The summed E-state index contributed by atoms with van der Waals surface area (Å²) in [7, 11) is 0. The zero-order valence-corrected chi connectivity index (χ0v) is 10.7. The fraction of sp³-hybridized carbons (Fsp3) is 0.583. The molecule has 2 heterocycles. The van der Waals surface area contributed by atoms with Crippen LogP contribution < -0.4 is 0 Å². The molecule has 1 atom stereocenters. The Morgan fingerprint density at radius 3 is 3.24 bits per heavy atom. The smallest absolute Gasteiger partial charge is 0.409 e. The Kier molecular flexibility index (Phi) is 4.36. The summed E-state index contributed by atoms with van der Waals surface area (Å²) < 4.78 is 10.4. The van der Waals surface area contributed by atoms with Crippen molar-refractivity contribution >= 4 is 17.9 Å². The van der Waals surface area contributed by atoms with E-state index in [0.717, 1.165) is 31.0 Å². The summed E-state index contributed by atoms with van der Waals surface area (Å²) in [5.74, 6) is 1.92. The number of ether oxygens (including phenoxy) is 1. The van der Waals surface area contributed by atoms with Gasteiger partial charge in [-0.05, 0) is 25.5 Å². The van der Waals surface area contributed by atoms with Crippen LogP contribution in [0.4, 0.5) is 4.79 Å². The molecule has 1 saturated heterocycles. The lowest BCUT2D eigenvalue weighted by molar-refractivity contribution is 0.109. The van der Waals surface area contributed by atoms with Crippen LogP contribution in [0.25, 0.3) is 0 Å². The van der Waals surface area contributed by atoms with E-state index in [1.54, 1.807) is 11.2 Å². The van der Waals surface area contributed by atoms with Gasteiger partial charge in [-0.2, -0.15) is 0 Å². The predicted molar refractivity (Wildman–Crippen MR) is 67.1 cm³/mol. The minimum absolute atomic E-state index is 0.201. The topological polar surface area (TPSA) is 42.7 Å². The second-order valence-corrected chi connectivity index (χ2v) is 5.16. The molecule has 5 heteroatoms. The van der Waals surface area contributed by atoms with E-state index in [1.165, 1.54) is 0 Å². The summed E-state index contributed by atoms with van der Waals surface area (Å²) in [5.41, 5.74) is 0. The van der Waals surface area contributed by atoms with Crippen molar-refractivity contribution in [3.63, 3.8) is 0 Å². The van der Waals surface area contributed by atoms with Crippen LogP contribution in [0.3, 0.4) is 0 Å². The zero-order chi connectivity index (χ0) is 12.1. The molecule has 0 N–H and O–H groups in total. The van der Waals surface area contributed by atoms with E-state index in [2.05, 4.69) is 0 Å². The number of thioether (sulfide) groups is 1. The van der Waals surface area contributed by atoms with Crippen molar-refractivity contribution in [2.24, 2.45) is 0 Å². The Labute approximate surface area is 105 Å².